The first-order valence-corrected chi connectivity index (χ1v) is 12.6. The molecule has 0 aliphatic heterocycles. The lowest BCUT2D eigenvalue weighted by molar-refractivity contribution is -0.129. The number of amides is 2. The first-order chi connectivity index (χ1) is 16.2. The molecule has 0 radical (unpaired) electrons. The number of nitrogens with one attached hydrogen (secondary N) is 2. The number of carbonyl (C=O) groups is 3. The van der Waals surface area contributed by atoms with Gasteiger partial charge in [-0.15, -0.1) is 0 Å². The molecule has 1 aromatic rings. The maximum Gasteiger partial charge on any atom is 0.475 e. The molecule has 2 amide bonds. The summed E-state index contributed by atoms with van der Waals surface area (Å²) in [5.74, 6) is -2.40. The molecule has 1 aromatic heterocycles. The van der Waals surface area contributed by atoms with E-state index in [0.29, 0.717) is 18.4 Å². The minimum atomic E-state index is -1.71. The number of Topliss-reactive ketones (excluding diaryl/α,β-unsaturated/α-hetero) is 1. The van der Waals surface area contributed by atoms with E-state index in [-0.39, 0.29) is 30.6 Å². The molecule has 1 heterocycles. The van der Waals surface area contributed by atoms with E-state index in [4.69, 9.17) is 0 Å². The standard InChI is InChI=1S/C25H42BN3O5/c1-4-5-6-7-8-9-10-13-22(30)16-21(18-28-24(31)20-12-11-14-27-17-20)25(32)29-23(26(33)34)15-19(2)3/h11-12,14,17,19,21,23,33-34H,4-10,13,15-16,18H2,1-3H3,(H,28,31)(H,29,32)/t21-,23-/m0/s1. The number of hydrogen-bond donors (Lipinski definition) is 4. The van der Waals surface area contributed by atoms with Gasteiger partial charge < -0.3 is 20.7 Å². The Morgan fingerprint density at radius 2 is 1.74 bits per heavy atom. The fourth-order valence-corrected chi connectivity index (χ4v) is 3.79. The number of pyridine rings is 1. The second-order valence-corrected chi connectivity index (χ2v) is 9.42. The van der Waals surface area contributed by atoms with Crippen molar-refractivity contribution in [2.45, 2.75) is 90.9 Å². The Bertz CT molecular complexity index is 731. The van der Waals surface area contributed by atoms with Gasteiger partial charge in [-0.3, -0.25) is 19.4 Å². The summed E-state index contributed by atoms with van der Waals surface area (Å²) in [5.41, 5.74) is 0.361. The van der Waals surface area contributed by atoms with Crippen molar-refractivity contribution in [1.29, 1.82) is 0 Å². The van der Waals surface area contributed by atoms with Crippen molar-refractivity contribution in [2.24, 2.45) is 11.8 Å². The summed E-state index contributed by atoms with van der Waals surface area (Å²) in [7, 11) is -1.71. The molecular formula is C25H42BN3O5. The Morgan fingerprint density at radius 1 is 1.06 bits per heavy atom. The van der Waals surface area contributed by atoms with Gasteiger partial charge in [0.05, 0.1) is 17.4 Å². The third-order valence-electron chi connectivity index (χ3n) is 5.75. The van der Waals surface area contributed by atoms with Crippen molar-refractivity contribution >= 4 is 24.7 Å². The quantitative estimate of drug-likeness (QED) is 0.191. The molecule has 34 heavy (non-hydrogen) atoms. The topological polar surface area (TPSA) is 129 Å². The zero-order valence-corrected chi connectivity index (χ0v) is 21.0. The molecule has 0 aliphatic rings. The molecule has 0 bridgehead atoms. The number of ketones is 1. The van der Waals surface area contributed by atoms with Crippen molar-refractivity contribution in [3.05, 3.63) is 30.1 Å². The Kier molecular flexibility index (Phi) is 15.1. The van der Waals surface area contributed by atoms with Crippen LogP contribution in [0.15, 0.2) is 24.5 Å². The summed E-state index contributed by atoms with van der Waals surface area (Å²) in [6.07, 6.45) is 11.5. The zero-order chi connectivity index (χ0) is 25.3. The van der Waals surface area contributed by atoms with Crippen molar-refractivity contribution < 1.29 is 24.4 Å². The smallest absolute Gasteiger partial charge is 0.426 e. The fraction of sp³-hybridized carbons (Fsp3) is 0.680. The first-order valence-electron chi connectivity index (χ1n) is 12.6. The number of unbranched alkanes of at least 4 members (excludes halogenated alkanes) is 6. The fourth-order valence-electron chi connectivity index (χ4n) is 3.79. The molecule has 1 rings (SSSR count). The van der Waals surface area contributed by atoms with Crippen LogP contribution in [0.1, 0.15) is 95.3 Å². The van der Waals surface area contributed by atoms with E-state index in [1.54, 1.807) is 18.3 Å². The van der Waals surface area contributed by atoms with E-state index >= 15 is 0 Å². The van der Waals surface area contributed by atoms with Gasteiger partial charge in [-0.25, -0.2) is 0 Å². The molecule has 0 saturated heterocycles. The molecular weight excluding hydrogens is 433 g/mol. The molecule has 0 unspecified atom stereocenters. The Hall–Kier alpha value is -2.26. The average Bonchev–Trinajstić information content (AvgIpc) is 2.80. The number of aromatic nitrogens is 1. The van der Waals surface area contributed by atoms with E-state index in [0.717, 1.165) is 19.3 Å². The molecule has 190 valence electrons. The lowest BCUT2D eigenvalue weighted by Gasteiger charge is -2.23. The Balaban J connectivity index is 2.69. The van der Waals surface area contributed by atoms with E-state index in [2.05, 4.69) is 22.5 Å². The molecule has 4 N–H and O–H groups in total. The lowest BCUT2D eigenvalue weighted by Crippen LogP contribution is -2.50. The molecule has 0 fully saturated rings. The number of nitrogens with zero attached hydrogens (tertiary/aromatic N) is 1. The van der Waals surface area contributed by atoms with Gasteiger partial charge in [0.15, 0.2) is 0 Å². The van der Waals surface area contributed by atoms with Crippen molar-refractivity contribution in [3.8, 4) is 0 Å². The van der Waals surface area contributed by atoms with Gasteiger partial charge in [-0.05, 0) is 30.9 Å². The first kappa shape index (κ1) is 29.8. The summed E-state index contributed by atoms with van der Waals surface area (Å²) < 4.78 is 0. The van der Waals surface area contributed by atoms with Crippen LogP contribution in [-0.4, -0.2) is 52.2 Å². The van der Waals surface area contributed by atoms with Crippen LogP contribution >= 0.6 is 0 Å². The van der Waals surface area contributed by atoms with Crippen LogP contribution in [0.25, 0.3) is 0 Å². The Morgan fingerprint density at radius 3 is 2.32 bits per heavy atom. The highest BCUT2D eigenvalue weighted by atomic mass is 16.4. The molecule has 0 spiro atoms. The highest BCUT2D eigenvalue weighted by molar-refractivity contribution is 6.43. The van der Waals surface area contributed by atoms with Gasteiger partial charge in [0, 0.05) is 31.8 Å². The van der Waals surface area contributed by atoms with Gasteiger partial charge >= 0.3 is 7.12 Å². The van der Waals surface area contributed by atoms with Crippen LogP contribution in [0.3, 0.4) is 0 Å². The number of rotatable bonds is 18. The summed E-state index contributed by atoms with van der Waals surface area (Å²) in [5, 5.41) is 24.7. The van der Waals surface area contributed by atoms with Crippen LogP contribution in [0.4, 0.5) is 0 Å². The third kappa shape index (κ3) is 12.8. The SMILES string of the molecule is CCCCCCCCCC(=O)C[C@@H](CNC(=O)c1cccnc1)C(=O)N[C@@H](CC(C)C)B(O)O. The second kappa shape index (κ2) is 17.2. The van der Waals surface area contributed by atoms with Crippen molar-refractivity contribution in [3.63, 3.8) is 0 Å². The summed E-state index contributed by atoms with van der Waals surface area (Å²) in [6.45, 7) is 5.98. The van der Waals surface area contributed by atoms with Crippen LogP contribution in [0, 0.1) is 11.8 Å². The molecule has 8 nitrogen and oxygen atoms in total. The monoisotopic (exact) mass is 475 g/mol. The molecule has 0 aromatic carbocycles. The van der Waals surface area contributed by atoms with E-state index < -0.39 is 24.9 Å². The highest BCUT2D eigenvalue weighted by Crippen LogP contribution is 2.13. The molecule has 9 heteroatoms. The predicted octanol–water partition coefficient (Wildman–Crippen LogP) is 3.07. The van der Waals surface area contributed by atoms with Gasteiger partial charge in [0.25, 0.3) is 5.91 Å². The van der Waals surface area contributed by atoms with Gasteiger partial charge in [-0.1, -0.05) is 59.3 Å². The number of hydrogen-bond acceptors (Lipinski definition) is 6. The average molecular weight is 475 g/mol. The van der Waals surface area contributed by atoms with Gasteiger partial charge in [0.1, 0.15) is 5.78 Å². The van der Waals surface area contributed by atoms with Crippen LogP contribution in [-0.2, 0) is 9.59 Å². The predicted molar refractivity (Wildman–Crippen MR) is 134 cm³/mol. The van der Waals surface area contributed by atoms with Gasteiger partial charge in [0.2, 0.25) is 5.91 Å². The second-order valence-electron chi connectivity index (χ2n) is 9.42. The van der Waals surface area contributed by atoms with Crippen LogP contribution in [0.5, 0.6) is 0 Å². The van der Waals surface area contributed by atoms with Crippen LogP contribution in [0.2, 0.25) is 0 Å². The molecule has 0 aliphatic carbocycles. The van der Waals surface area contributed by atoms with E-state index in [1.165, 1.54) is 31.9 Å². The maximum absolute atomic E-state index is 13.0. The third-order valence-corrected chi connectivity index (χ3v) is 5.75. The summed E-state index contributed by atoms with van der Waals surface area (Å²) >= 11 is 0. The molecule has 2 atom stereocenters. The normalized spacial score (nSPS) is 12.8. The number of carbonyl (C=O) groups excluding carboxylic acids is 3. The summed E-state index contributed by atoms with van der Waals surface area (Å²) in [6, 6.07) is 3.26. The van der Waals surface area contributed by atoms with Gasteiger partial charge in [-0.2, -0.15) is 0 Å². The Labute approximate surface area is 204 Å². The minimum Gasteiger partial charge on any atom is -0.426 e. The maximum atomic E-state index is 13.0. The van der Waals surface area contributed by atoms with Crippen molar-refractivity contribution in [1.82, 2.24) is 15.6 Å². The zero-order valence-electron chi connectivity index (χ0n) is 21.0. The summed E-state index contributed by atoms with van der Waals surface area (Å²) in [4.78, 5) is 41.9. The highest BCUT2D eigenvalue weighted by Gasteiger charge is 2.30. The largest absolute Gasteiger partial charge is 0.475 e. The minimum absolute atomic E-state index is 0.00902. The van der Waals surface area contributed by atoms with Crippen LogP contribution < -0.4 is 10.6 Å². The van der Waals surface area contributed by atoms with E-state index in [9.17, 15) is 24.4 Å². The molecule has 0 saturated carbocycles. The van der Waals surface area contributed by atoms with Crippen molar-refractivity contribution in [2.75, 3.05) is 6.54 Å². The lowest BCUT2D eigenvalue weighted by atomic mass is 9.74. The van der Waals surface area contributed by atoms with E-state index in [1.807, 2.05) is 13.8 Å².